The van der Waals surface area contributed by atoms with Crippen molar-refractivity contribution in [2.45, 2.75) is 64.6 Å². The van der Waals surface area contributed by atoms with Crippen molar-refractivity contribution in [2.75, 3.05) is 13.1 Å². The van der Waals surface area contributed by atoms with Crippen molar-refractivity contribution in [3.8, 4) is 0 Å². The van der Waals surface area contributed by atoms with Gasteiger partial charge in [-0.25, -0.2) is 4.79 Å². The van der Waals surface area contributed by atoms with Crippen molar-refractivity contribution in [1.82, 2.24) is 19.4 Å². The van der Waals surface area contributed by atoms with Gasteiger partial charge in [0.25, 0.3) is 5.56 Å². The first kappa shape index (κ1) is 25.7. The molecule has 1 aliphatic carbocycles. The summed E-state index contributed by atoms with van der Waals surface area (Å²) in [6.45, 7) is 1.45. The zero-order valence-electron chi connectivity index (χ0n) is 21.7. The highest BCUT2D eigenvalue weighted by atomic mass is 16.2. The summed E-state index contributed by atoms with van der Waals surface area (Å²) in [6, 6.07) is 14.9. The number of para-hydroxylation sites is 1. The second-order valence-corrected chi connectivity index (χ2v) is 10.1. The van der Waals surface area contributed by atoms with Crippen molar-refractivity contribution in [1.29, 1.82) is 0 Å². The Morgan fingerprint density at radius 3 is 2.50 bits per heavy atom. The Morgan fingerprint density at radius 2 is 1.68 bits per heavy atom. The lowest BCUT2D eigenvalue weighted by Crippen LogP contribution is -2.44. The fraction of sp³-hybridized carbons (Fsp3) is 0.400. The van der Waals surface area contributed by atoms with E-state index in [0.717, 1.165) is 35.8 Å². The minimum absolute atomic E-state index is 0.0325. The molecule has 1 aliphatic heterocycles. The third-order valence-corrected chi connectivity index (χ3v) is 7.62. The van der Waals surface area contributed by atoms with Crippen LogP contribution in [0, 0.1) is 0 Å². The number of carbonyl (C=O) groups excluding carboxylic acids is 2. The van der Waals surface area contributed by atoms with Gasteiger partial charge in [0.1, 0.15) is 6.54 Å². The first-order valence-electron chi connectivity index (χ1n) is 13.5. The molecule has 0 saturated heterocycles. The zero-order chi connectivity index (χ0) is 26.5. The van der Waals surface area contributed by atoms with E-state index in [9.17, 15) is 19.2 Å². The summed E-state index contributed by atoms with van der Waals surface area (Å²) in [4.78, 5) is 54.2. The predicted octanol–water partition coefficient (Wildman–Crippen LogP) is 3.14. The molecule has 1 N–H and O–H groups in total. The normalized spacial score (nSPS) is 15.2. The van der Waals surface area contributed by atoms with Crippen molar-refractivity contribution >= 4 is 22.7 Å². The second-order valence-electron chi connectivity index (χ2n) is 10.1. The molecule has 3 aromatic rings. The molecule has 2 amide bonds. The van der Waals surface area contributed by atoms with Gasteiger partial charge in [0.2, 0.25) is 11.8 Å². The summed E-state index contributed by atoms with van der Waals surface area (Å²) in [6.07, 6.45) is 8.48. The average Bonchev–Trinajstić information content (AvgIpc) is 2.95. The van der Waals surface area contributed by atoms with E-state index in [-0.39, 0.29) is 31.3 Å². The van der Waals surface area contributed by atoms with Gasteiger partial charge in [-0.3, -0.25) is 23.5 Å². The molecular formula is C30H34N4O4. The fourth-order valence-corrected chi connectivity index (χ4v) is 5.49. The van der Waals surface area contributed by atoms with E-state index in [1.807, 2.05) is 18.2 Å². The Morgan fingerprint density at radius 1 is 0.895 bits per heavy atom. The molecule has 0 fully saturated rings. The first-order valence-corrected chi connectivity index (χ1v) is 13.5. The molecule has 1 aromatic heterocycles. The van der Waals surface area contributed by atoms with E-state index in [4.69, 9.17) is 0 Å². The van der Waals surface area contributed by atoms with Crippen LogP contribution in [0.2, 0.25) is 0 Å². The molecule has 2 aliphatic rings. The number of carbonyl (C=O) groups is 2. The summed E-state index contributed by atoms with van der Waals surface area (Å²) >= 11 is 0. The lowest BCUT2D eigenvalue weighted by Gasteiger charge is -2.29. The van der Waals surface area contributed by atoms with Gasteiger partial charge >= 0.3 is 5.69 Å². The summed E-state index contributed by atoms with van der Waals surface area (Å²) in [5.74, 6) is -0.373. The van der Waals surface area contributed by atoms with Crippen LogP contribution in [-0.2, 0) is 35.6 Å². The second kappa shape index (κ2) is 11.6. The molecule has 0 atom stereocenters. The minimum Gasteiger partial charge on any atom is -0.354 e. The van der Waals surface area contributed by atoms with Gasteiger partial charge < -0.3 is 10.2 Å². The van der Waals surface area contributed by atoms with Gasteiger partial charge in [0.15, 0.2) is 0 Å². The van der Waals surface area contributed by atoms with Gasteiger partial charge in [-0.1, -0.05) is 48.0 Å². The summed E-state index contributed by atoms with van der Waals surface area (Å²) in [5.41, 5.74) is 3.15. The van der Waals surface area contributed by atoms with Crippen LogP contribution < -0.4 is 16.6 Å². The zero-order valence-corrected chi connectivity index (χ0v) is 21.7. The van der Waals surface area contributed by atoms with Crippen LogP contribution in [0.4, 0.5) is 0 Å². The quantitative estimate of drug-likeness (QED) is 0.468. The minimum atomic E-state index is -0.573. The van der Waals surface area contributed by atoms with E-state index in [1.165, 1.54) is 28.5 Å². The van der Waals surface area contributed by atoms with Crippen molar-refractivity contribution in [3.63, 3.8) is 0 Å². The number of rotatable bonds is 8. The number of nitrogens with zero attached hydrogens (tertiary/aromatic N) is 3. The maximum absolute atomic E-state index is 13.4. The average molecular weight is 515 g/mol. The number of hydrogen-bond acceptors (Lipinski definition) is 4. The molecule has 0 spiro atoms. The summed E-state index contributed by atoms with van der Waals surface area (Å²) in [7, 11) is 0. The van der Waals surface area contributed by atoms with Gasteiger partial charge in [0.05, 0.1) is 10.9 Å². The van der Waals surface area contributed by atoms with Crippen LogP contribution in [0.1, 0.15) is 49.7 Å². The third kappa shape index (κ3) is 5.64. The van der Waals surface area contributed by atoms with Gasteiger partial charge in [-0.2, -0.15) is 0 Å². The molecule has 2 heterocycles. The third-order valence-electron chi connectivity index (χ3n) is 7.62. The van der Waals surface area contributed by atoms with E-state index < -0.39 is 11.2 Å². The molecular weight excluding hydrogens is 480 g/mol. The Kier molecular flexibility index (Phi) is 7.86. The smallest absolute Gasteiger partial charge is 0.331 e. The largest absolute Gasteiger partial charge is 0.354 e. The van der Waals surface area contributed by atoms with Crippen LogP contribution in [0.15, 0.2) is 69.8 Å². The summed E-state index contributed by atoms with van der Waals surface area (Å²) in [5, 5.41) is 3.27. The summed E-state index contributed by atoms with van der Waals surface area (Å²) < 4.78 is 2.44. The monoisotopic (exact) mass is 514 g/mol. The van der Waals surface area contributed by atoms with Gasteiger partial charge in [-0.05, 0) is 61.8 Å². The first-order chi connectivity index (χ1) is 18.5. The van der Waals surface area contributed by atoms with E-state index in [0.29, 0.717) is 30.5 Å². The standard InChI is InChI=1S/C30H34N4O4/c35-27(31-17-14-22-8-2-1-3-9-22)21-34-26-13-7-6-12-25(26)29(37)33(30(34)38)19-16-28(36)32-18-15-23-10-4-5-11-24(23)20-32/h4-8,10-13H,1-3,9,14-21H2,(H,31,35). The van der Waals surface area contributed by atoms with Crippen LogP contribution in [0.5, 0.6) is 0 Å². The van der Waals surface area contributed by atoms with Crippen LogP contribution >= 0.6 is 0 Å². The topological polar surface area (TPSA) is 93.4 Å². The Hall–Kier alpha value is -3.94. The molecule has 0 saturated carbocycles. The van der Waals surface area contributed by atoms with E-state index >= 15 is 0 Å². The maximum atomic E-state index is 13.4. The highest BCUT2D eigenvalue weighted by molar-refractivity contribution is 5.81. The number of nitrogens with one attached hydrogen (secondary N) is 1. The molecule has 5 rings (SSSR count). The van der Waals surface area contributed by atoms with Crippen LogP contribution in [0.25, 0.3) is 10.9 Å². The van der Waals surface area contributed by atoms with E-state index in [2.05, 4.69) is 17.5 Å². The van der Waals surface area contributed by atoms with Gasteiger partial charge in [0, 0.05) is 32.6 Å². The molecule has 0 bridgehead atoms. The fourth-order valence-electron chi connectivity index (χ4n) is 5.49. The highest BCUT2D eigenvalue weighted by Crippen LogP contribution is 2.20. The molecule has 198 valence electrons. The predicted molar refractivity (Wildman–Crippen MR) is 147 cm³/mol. The Labute approximate surface area is 221 Å². The lowest BCUT2D eigenvalue weighted by atomic mass is 9.97. The van der Waals surface area contributed by atoms with E-state index in [1.54, 1.807) is 29.2 Å². The molecule has 38 heavy (non-hydrogen) atoms. The van der Waals surface area contributed by atoms with Crippen molar-refractivity contribution in [3.05, 3.63) is 92.1 Å². The number of hydrogen-bond donors (Lipinski definition) is 1. The SMILES string of the molecule is O=C(Cn1c(=O)n(CCC(=O)N2CCc3ccccc3C2)c(=O)c2ccccc21)NCCC1=CCCCC1. The lowest BCUT2D eigenvalue weighted by molar-refractivity contribution is -0.132. The molecule has 2 aromatic carbocycles. The Balaban J connectivity index is 1.30. The van der Waals surface area contributed by atoms with Crippen LogP contribution in [-0.4, -0.2) is 38.9 Å². The van der Waals surface area contributed by atoms with Crippen molar-refractivity contribution < 1.29 is 9.59 Å². The van der Waals surface area contributed by atoms with Crippen molar-refractivity contribution in [2.24, 2.45) is 0 Å². The molecule has 8 heteroatoms. The number of aromatic nitrogens is 2. The Bertz CT molecular complexity index is 1500. The number of benzene rings is 2. The maximum Gasteiger partial charge on any atom is 0.331 e. The number of allylic oxidation sites excluding steroid dienone is 1. The highest BCUT2D eigenvalue weighted by Gasteiger charge is 2.21. The van der Waals surface area contributed by atoms with Crippen LogP contribution in [0.3, 0.4) is 0 Å². The van der Waals surface area contributed by atoms with Gasteiger partial charge in [-0.15, -0.1) is 0 Å². The molecule has 0 unspecified atom stereocenters. The number of fused-ring (bicyclic) bond motifs is 2. The number of amides is 2. The molecule has 8 nitrogen and oxygen atoms in total. The molecule has 0 radical (unpaired) electrons.